The van der Waals surface area contributed by atoms with Crippen molar-refractivity contribution in [1.82, 2.24) is 5.32 Å². The Hall–Kier alpha value is -0.890. The van der Waals surface area contributed by atoms with Crippen molar-refractivity contribution in [3.63, 3.8) is 0 Å². The molecule has 1 fully saturated rings. The van der Waals surface area contributed by atoms with Crippen molar-refractivity contribution in [2.75, 3.05) is 7.05 Å². The van der Waals surface area contributed by atoms with E-state index in [0.29, 0.717) is 23.8 Å². The summed E-state index contributed by atoms with van der Waals surface area (Å²) in [5, 5.41) is 3.37. The van der Waals surface area contributed by atoms with Crippen LogP contribution in [0, 0.1) is 17.7 Å². The largest absolute Gasteiger partial charge is 0.316 e. The summed E-state index contributed by atoms with van der Waals surface area (Å²) in [6.07, 6.45) is 1.15. The van der Waals surface area contributed by atoms with Gasteiger partial charge in [0.05, 0.1) is 0 Å². The van der Waals surface area contributed by atoms with E-state index < -0.39 is 0 Å². The monoisotopic (exact) mass is 221 g/mol. The van der Waals surface area contributed by atoms with Crippen LogP contribution < -0.4 is 5.32 Å². The molecule has 4 unspecified atom stereocenters. The lowest BCUT2D eigenvalue weighted by Crippen LogP contribution is -2.54. The lowest BCUT2D eigenvalue weighted by Gasteiger charge is -2.51. The van der Waals surface area contributed by atoms with Crippen LogP contribution in [0.1, 0.15) is 31.7 Å². The minimum Gasteiger partial charge on any atom is -0.316 e. The van der Waals surface area contributed by atoms with E-state index in [4.69, 9.17) is 0 Å². The molecular formula is C14H20FN. The fourth-order valence-electron chi connectivity index (χ4n) is 3.33. The summed E-state index contributed by atoms with van der Waals surface area (Å²) in [4.78, 5) is 0. The van der Waals surface area contributed by atoms with Gasteiger partial charge in [0.1, 0.15) is 5.82 Å². The second-order valence-electron chi connectivity index (χ2n) is 4.83. The van der Waals surface area contributed by atoms with E-state index in [0.717, 1.165) is 12.0 Å². The Morgan fingerprint density at radius 3 is 2.69 bits per heavy atom. The molecule has 4 atom stereocenters. The van der Waals surface area contributed by atoms with Crippen LogP contribution in [0.25, 0.3) is 0 Å². The number of benzene rings is 1. The molecule has 1 aliphatic carbocycles. The van der Waals surface area contributed by atoms with Crippen LogP contribution in [0.4, 0.5) is 4.39 Å². The molecule has 1 aliphatic rings. The Balaban J connectivity index is 2.22. The standard InChI is InChI=1S/C14H20FN/c1-4-12-13(9(2)14(12)16-3)10-6-5-7-11(15)8-10/h5-9,12-14,16H,4H2,1-3H3. The molecule has 1 nitrogen and oxygen atoms in total. The molecule has 1 saturated carbocycles. The average molecular weight is 221 g/mol. The molecular weight excluding hydrogens is 201 g/mol. The van der Waals surface area contributed by atoms with Crippen LogP contribution in [0.15, 0.2) is 24.3 Å². The zero-order valence-electron chi connectivity index (χ0n) is 10.2. The molecule has 0 radical (unpaired) electrons. The summed E-state index contributed by atoms with van der Waals surface area (Å²) < 4.78 is 13.2. The van der Waals surface area contributed by atoms with Gasteiger partial charge < -0.3 is 5.32 Å². The lowest BCUT2D eigenvalue weighted by molar-refractivity contribution is 0.0845. The average Bonchev–Trinajstić information content (AvgIpc) is 2.26. The van der Waals surface area contributed by atoms with Gasteiger partial charge in [-0.15, -0.1) is 0 Å². The Morgan fingerprint density at radius 2 is 2.12 bits per heavy atom. The number of rotatable bonds is 3. The Bertz CT molecular complexity index is 364. The fraction of sp³-hybridized carbons (Fsp3) is 0.571. The third-order valence-corrected chi connectivity index (χ3v) is 4.09. The number of hydrogen-bond acceptors (Lipinski definition) is 1. The second-order valence-corrected chi connectivity index (χ2v) is 4.83. The van der Waals surface area contributed by atoms with E-state index in [-0.39, 0.29) is 5.82 Å². The maximum Gasteiger partial charge on any atom is 0.123 e. The normalized spacial score (nSPS) is 33.5. The van der Waals surface area contributed by atoms with Crippen LogP contribution in [0.2, 0.25) is 0 Å². The first-order chi connectivity index (χ1) is 7.69. The first kappa shape index (κ1) is 11.6. The summed E-state index contributed by atoms with van der Waals surface area (Å²) in [6.45, 7) is 4.47. The lowest BCUT2D eigenvalue weighted by atomic mass is 9.58. The van der Waals surface area contributed by atoms with Gasteiger partial charge >= 0.3 is 0 Å². The first-order valence-corrected chi connectivity index (χ1v) is 6.11. The number of halogens is 1. The molecule has 0 saturated heterocycles. The Labute approximate surface area is 97.1 Å². The highest BCUT2D eigenvalue weighted by Gasteiger charge is 2.46. The van der Waals surface area contributed by atoms with Crippen LogP contribution in [0.3, 0.4) is 0 Å². The van der Waals surface area contributed by atoms with Gasteiger partial charge in [0, 0.05) is 6.04 Å². The first-order valence-electron chi connectivity index (χ1n) is 6.11. The van der Waals surface area contributed by atoms with E-state index in [1.54, 1.807) is 6.07 Å². The smallest absolute Gasteiger partial charge is 0.123 e. The van der Waals surface area contributed by atoms with Gasteiger partial charge in [-0.3, -0.25) is 0 Å². The minimum absolute atomic E-state index is 0.118. The van der Waals surface area contributed by atoms with Crippen molar-refractivity contribution in [2.24, 2.45) is 11.8 Å². The molecule has 2 rings (SSSR count). The molecule has 1 aromatic carbocycles. The Kier molecular flexibility index (Phi) is 3.29. The van der Waals surface area contributed by atoms with Crippen molar-refractivity contribution < 1.29 is 4.39 Å². The molecule has 1 N–H and O–H groups in total. The van der Waals surface area contributed by atoms with E-state index >= 15 is 0 Å². The van der Waals surface area contributed by atoms with Gasteiger partial charge in [-0.05, 0) is 42.5 Å². The third-order valence-electron chi connectivity index (χ3n) is 4.09. The molecule has 2 heteroatoms. The van der Waals surface area contributed by atoms with Crippen LogP contribution in [-0.2, 0) is 0 Å². The van der Waals surface area contributed by atoms with Crippen molar-refractivity contribution in [3.05, 3.63) is 35.6 Å². The summed E-state index contributed by atoms with van der Waals surface area (Å²) in [7, 11) is 2.02. The summed E-state index contributed by atoms with van der Waals surface area (Å²) in [5.41, 5.74) is 1.16. The molecule has 1 aromatic rings. The van der Waals surface area contributed by atoms with Crippen molar-refractivity contribution in [1.29, 1.82) is 0 Å². The van der Waals surface area contributed by atoms with Crippen molar-refractivity contribution in [3.8, 4) is 0 Å². The van der Waals surface area contributed by atoms with Gasteiger partial charge in [0.25, 0.3) is 0 Å². The van der Waals surface area contributed by atoms with Crippen molar-refractivity contribution >= 4 is 0 Å². The van der Waals surface area contributed by atoms with Gasteiger partial charge in [0.2, 0.25) is 0 Å². The molecule has 0 amide bonds. The third kappa shape index (κ3) is 1.75. The van der Waals surface area contributed by atoms with E-state index in [1.807, 2.05) is 13.1 Å². The molecule has 0 spiro atoms. The van der Waals surface area contributed by atoms with Crippen LogP contribution >= 0.6 is 0 Å². The van der Waals surface area contributed by atoms with Gasteiger partial charge in [-0.2, -0.15) is 0 Å². The molecule has 16 heavy (non-hydrogen) atoms. The number of hydrogen-bond donors (Lipinski definition) is 1. The highest BCUT2D eigenvalue weighted by Crippen LogP contribution is 2.49. The second kappa shape index (κ2) is 4.54. The molecule has 0 heterocycles. The van der Waals surface area contributed by atoms with Crippen LogP contribution in [-0.4, -0.2) is 13.1 Å². The van der Waals surface area contributed by atoms with Gasteiger partial charge in [-0.25, -0.2) is 4.39 Å². The highest BCUT2D eigenvalue weighted by molar-refractivity contribution is 5.27. The van der Waals surface area contributed by atoms with E-state index in [9.17, 15) is 4.39 Å². The predicted molar refractivity (Wildman–Crippen MR) is 64.9 cm³/mol. The Morgan fingerprint density at radius 1 is 1.38 bits per heavy atom. The molecule has 0 aromatic heterocycles. The van der Waals surface area contributed by atoms with Gasteiger partial charge in [0.15, 0.2) is 0 Å². The molecule has 88 valence electrons. The summed E-state index contributed by atoms with van der Waals surface area (Å²) in [6, 6.07) is 7.66. The topological polar surface area (TPSA) is 12.0 Å². The maximum absolute atomic E-state index is 13.2. The van der Waals surface area contributed by atoms with E-state index in [1.165, 1.54) is 6.07 Å². The van der Waals surface area contributed by atoms with Crippen molar-refractivity contribution in [2.45, 2.75) is 32.2 Å². The summed E-state index contributed by atoms with van der Waals surface area (Å²) in [5.74, 6) is 1.63. The maximum atomic E-state index is 13.2. The minimum atomic E-state index is -0.118. The predicted octanol–water partition coefficient (Wildman–Crippen LogP) is 3.17. The van der Waals surface area contributed by atoms with E-state index in [2.05, 4.69) is 25.2 Å². The fourth-order valence-corrected chi connectivity index (χ4v) is 3.33. The quantitative estimate of drug-likeness (QED) is 0.826. The van der Waals surface area contributed by atoms with Crippen LogP contribution in [0.5, 0.6) is 0 Å². The molecule has 0 aliphatic heterocycles. The highest BCUT2D eigenvalue weighted by atomic mass is 19.1. The zero-order valence-corrected chi connectivity index (χ0v) is 10.2. The SMILES string of the molecule is CCC1C(NC)C(C)C1c1cccc(F)c1. The van der Waals surface area contributed by atoms with Gasteiger partial charge in [-0.1, -0.05) is 32.4 Å². The zero-order chi connectivity index (χ0) is 11.7. The summed E-state index contributed by atoms with van der Waals surface area (Å²) >= 11 is 0. The molecule has 0 bridgehead atoms. The number of nitrogens with one attached hydrogen (secondary N) is 1.